The summed E-state index contributed by atoms with van der Waals surface area (Å²) in [4.78, 5) is 35.9. The maximum absolute atomic E-state index is 12.2. The van der Waals surface area contributed by atoms with Crippen LogP contribution in [0.1, 0.15) is 18.4 Å². The molecule has 1 aromatic rings. The van der Waals surface area contributed by atoms with Gasteiger partial charge in [0.2, 0.25) is 11.8 Å². The molecule has 0 unspecified atom stereocenters. The Morgan fingerprint density at radius 2 is 2.00 bits per heavy atom. The van der Waals surface area contributed by atoms with Crippen LogP contribution in [0.25, 0.3) is 0 Å². The van der Waals surface area contributed by atoms with E-state index in [-0.39, 0.29) is 38.5 Å². The average molecular weight is 349 g/mol. The number of ether oxygens (including phenoxy) is 2. The molecule has 1 aromatic carbocycles. The van der Waals surface area contributed by atoms with E-state index in [1.54, 1.807) is 4.90 Å². The van der Waals surface area contributed by atoms with Crippen molar-refractivity contribution in [1.82, 2.24) is 10.2 Å². The molecule has 25 heavy (non-hydrogen) atoms. The van der Waals surface area contributed by atoms with Crippen molar-refractivity contribution >= 4 is 17.9 Å². The highest BCUT2D eigenvalue weighted by Gasteiger charge is 2.30. The molecule has 1 fully saturated rings. The van der Waals surface area contributed by atoms with Gasteiger partial charge in [-0.2, -0.15) is 0 Å². The average Bonchev–Trinajstić information content (AvgIpc) is 3.07. The van der Waals surface area contributed by atoms with Gasteiger partial charge in [0.25, 0.3) is 0 Å². The van der Waals surface area contributed by atoms with E-state index in [1.165, 1.54) is 0 Å². The first-order chi connectivity index (χ1) is 12.1. The van der Waals surface area contributed by atoms with Crippen LogP contribution in [0.3, 0.4) is 0 Å². The van der Waals surface area contributed by atoms with E-state index in [9.17, 15) is 14.4 Å². The Kier molecular flexibility index (Phi) is 7.21. The Morgan fingerprint density at radius 1 is 1.24 bits per heavy atom. The lowest BCUT2D eigenvalue weighted by atomic mass is 10.2. The maximum Gasteiger partial charge on any atom is 0.410 e. The minimum atomic E-state index is -0.614. The number of carbonyl (C=O) groups excluding carboxylic acids is 3. The Hall–Kier alpha value is -2.61. The molecule has 0 saturated carbocycles. The van der Waals surface area contributed by atoms with Gasteiger partial charge in [0.1, 0.15) is 13.2 Å². The molecule has 1 aliphatic rings. The van der Waals surface area contributed by atoms with E-state index in [1.807, 2.05) is 30.3 Å². The van der Waals surface area contributed by atoms with Gasteiger partial charge < -0.3 is 25.4 Å². The third-order valence-corrected chi connectivity index (χ3v) is 3.82. The third-order valence-electron chi connectivity index (χ3n) is 3.82. The van der Waals surface area contributed by atoms with Crippen molar-refractivity contribution in [1.29, 1.82) is 0 Å². The summed E-state index contributed by atoms with van der Waals surface area (Å²) >= 11 is 0. The minimum Gasteiger partial charge on any atom is -0.445 e. The summed E-state index contributed by atoms with van der Waals surface area (Å²) in [5.74, 6) is -1.04. The summed E-state index contributed by atoms with van der Waals surface area (Å²) in [6.45, 7) is 0.666. The van der Waals surface area contributed by atoms with Crippen molar-refractivity contribution in [2.24, 2.45) is 5.73 Å². The zero-order valence-corrected chi connectivity index (χ0v) is 14.0. The smallest absolute Gasteiger partial charge is 0.410 e. The maximum atomic E-state index is 12.2. The minimum absolute atomic E-state index is 0.118. The normalized spacial score (nSPS) is 16.5. The van der Waals surface area contributed by atoms with E-state index < -0.39 is 11.8 Å². The molecule has 0 aromatic heterocycles. The number of hydrogen-bond donors (Lipinski definition) is 2. The number of amides is 3. The summed E-state index contributed by atoms with van der Waals surface area (Å²) < 4.78 is 10.7. The molecule has 1 heterocycles. The van der Waals surface area contributed by atoms with Crippen LogP contribution < -0.4 is 11.1 Å². The van der Waals surface area contributed by atoms with Crippen LogP contribution in [0, 0.1) is 0 Å². The number of nitrogens with zero attached hydrogens (tertiary/aromatic N) is 1. The van der Waals surface area contributed by atoms with Gasteiger partial charge in [-0.25, -0.2) is 4.79 Å². The van der Waals surface area contributed by atoms with Crippen LogP contribution >= 0.6 is 0 Å². The summed E-state index contributed by atoms with van der Waals surface area (Å²) in [6, 6.07) is 9.34. The summed E-state index contributed by atoms with van der Waals surface area (Å²) in [5, 5.41) is 2.34. The van der Waals surface area contributed by atoms with Crippen molar-refractivity contribution in [3.05, 3.63) is 35.9 Å². The van der Waals surface area contributed by atoms with Gasteiger partial charge in [-0.1, -0.05) is 30.3 Å². The first kappa shape index (κ1) is 18.7. The van der Waals surface area contributed by atoms with Gasteiger partial charge in [0.05, 0.1) is 19.2 Å². The number of likely N-dealkylation sites (tertiary alicyclic amines) is 1. The first-order valence-corrected chi connectivity index (χ1v) is 8.16. The molecular formula is C17H23N3O5. The largest absolute Gasteiger partial charge is 0.445 e. The molecule has 1 saturated heterocycles. The second-order valence-corrected chi connectivity index (χ2v) is 5.79. The van der Waals surface area contributed by atoms with Gasteiger partial charge in [-0.05, 0) is 18.4 Å². The van der Waals surface area contributed by atoms with Gasteiger partial charge >= 0.3 is 6.09 Å². The summed E-state index contributed by atoms with van der Waals surface area (Å²) in [5.41, 5.74) is 5.86. The molecule has 8 nitrogen and oxygen atoms in total. The standard InChI is InChI=1S/C17H23N3O5/c18-15(21)9-19-16(22)12-24-11-14-7-4-8-20(14)17(23)25-10-13-5-2-1-3-6-13/h1-3,5-6,14H,4,7-12H2,(H2,18,21)(H,19,22)/t14-/m0/s1. The lowest BCUT2D eigenvalue weighted by Crippen LogP contribution is -2.40. The third kappa shape index (κ3) is 6.42. The van der Waals surface area contributed by atoms with Crippen molar-refractivity contribution < 1.29 is 23.9 Å². The molecule has 2 rings (SSSR count). The number of hydrogen-bond acceptors (Lipinski definition) is 5. The Balaban J connectivity index is 1.71. The predicted molar refractivity (Wildman–Crippen MR) is 89.4 cm³/mol. The fourth-order valence-corrected chi connectivity index (χ4v) is 2.58. The van der Waals surface area contributed by atoms with Gasteiger partial charge in [-0.15, -0.1) is 0 Å². The highest BCUT2D eigenvalue weighted by atomic mass is 16.6. The van der Waals surface area contributed by atoms with Crippen LogP contribution in [-0.4, -0.2) is 55.2 Å². The number of primary amides is 1. The van der Waals surface area contributed by atoms with Crippen LogP contribution in [-0.2, 0) is 25.7 Å². The number of nitrogens with one attached hydrogen (secondary N) is 1. The zero-order valence-electron chi connectivity index (χ0n) is 14.0. The highest BCUT2D eigenvalue weighted by molar-refractivity contribution is 5.84. The van der Waals surface area contributed by atoms with E-state index in [0.717, 1.165) is 18.4 Å². The van der Waals surface area contributed by atoms with Crippen LogP contribution in [0.2, 0.25) is 0 Å². The van der Waals surface area contributed by atoms with Gasteiger partial charge in [0.15, 0.2) is 0 Å². The number of carbonyl (C=O) groups is 3. The number of nitrogens with two attached hydrogens (primary N) is 1. The number of rotatable bonds is 8. The molecule has 0 radical (unpaired) electrons. The second-order valence-electron chi connectivity index (χ2n) is 5.79. The molecule has 0 aliphatic carbocycles. The van der Waals surface area contributed by atoms with Gasteiger partial charge in [-0.3, -0.25) is 9.59 Å². The molecule has 0 bridgehead atoms. The lowest BCUT2D eigenvalue weighted by molar-refractivity contribution is -0.128. The van der Waals surface area contributed by atoms with E-state index >= 15 is 0 Å². The Labute approximate surface area is 146 Å². The Bertz CT molecular complexity index is 593. The second kappa shape index (κ2) is 9.63. The van der Waals surface area contributed by atoms with Gasteiger partial charge in [0, 0.05) is 6.54 Å². The SMILES string of the molecule is NC(=O)CNC(=O)COC[C@@H]1CCCN1C(=O)OCc1ccccc1. The van der Waals surface area contributed by atoms with E-state index in [4.69, 9.17) is 15.2 Å². The molecule has 3 amide bonds. The lowest BCUT2D eigenvalue weighted by Gasteiger charge is -2.23. The van der Waals surface area contributed by atoms with Crippen LogP contribution in [0.4, 0.5) is 4.79 Å². The topological polar surface area (TPSA) is 111 Å². The van der Waals surface area contributed by atoms with Crippen molar-refractivity contribution in [2.45, 2.75) is 25.5 Å². The molecule has 136 valence electrons. The fourth-order valence-electron chi connectivity index (χ4n) is 2.58. The van der Waals surface area contributed by atoms with Crippen LogP contribution in [0.5, 0.6) is 0 Å². The summed E-state index contributed by atoms with van der Waals surface area (Å²) in [7, 11) is 0. The summed E-state index contributed by atoms with van der Waals surface area (Å²) in [6.07, 6.45) is 1.28. The van der Waals surface area contributed by atoms with Crippen molar-refractivity contribution in [3.63, 3.8) is 0 Å². The van der Waals surface area contributed by atoms with E-state index in [2.05, 4.69) is 5.32 Å². The molecule has 1 aliphatic heterocycles. The number of benzene rings is 1. The Morgan fingerprint density at radius 3 is 2.72 bits per heavy atom. The molecular weight excluding hydrogens is 326 g/mol. The highest BCUT2D eigenvalue weighted by Crippen LogP contribution is 2.19. The first-order valence-electron chi connectivity index (χ1n) is 8.16. The van der Waals surface area contributed by atoms with Crippen molar-refractivity contribution in [3.8, 4) is 0 Å². The predicted octanol–water partition coefficient (Wildman–Crippen LogP) is 0.406. The quantitative estimate of drug-likeness (QED) is 0.706. The van der Waals surface area contributed by atoms with Crippen molar-refractivity contribution in [2.75, 3.05) is 26.3 Å². The zero-order chi connectivity index (χ0) is 18.1. The monoisotopic (exact) mass is 349 g/mol. The molecule has 3 N–H and O–H groups in total. The van der Waals surface area contributed by atoms with Crippen LogP contribution in [0.15, 0.2) is 30.3 Å². The fraction of sp³-hybridized carbons (Fsp3) is 0.471. The molecule has 1 atom stereocenters. The molecule has 0 spiro atoms. The van der Waals surface area contributed by atoms with E-state index in [0.29, 0.717) is 6.54 Å². The molecule has 8 heteroatoms.